The number of rotatable bonds is 4. The zero-order valence-corrected chi connectivity index (χ0v) is 14.7. The minimum atomic E-state index is 0. The van der Waals surface area contributed by atoms with E-state index < -0.39 is 0 Å². The van der Waals surface area contributed by atoms with Crippen molar-refractivity contribution in [3.05, 3.63) is 71.8 Å². The molecule has 0 saturated heterocycles. The van der Waals surface area contributed by atoms with E-state index in [0.29, 0.717) is 0 Å². The average molecular weight is 395 g/mol. The molecule has 4 heteroatoms. The maximum atomic E-state index is 4.26. The lowest BCUT2D eigenvalue weighted by molar-refractivity contribution is 0.685. The molecule has 3 nitrogen and oxygen atoms in total. The zero-order valence-electron chi connectivity index (χ0n) is 12.4. The molecular formula is C17H22IN3. The van der Waals surface area contributed by atoms with Gasteiger partial charge in [-0.05, 0) is 18.1 Å². The summed E-state index contributed by atoms with van der Waals surface area (Å²) in [6.07, 6.45) is 0. The number of guanidine groups is 1. The summed E-state index contributed by atoms with van der Waals surface area (Å²) in [6.45, 7) is 2.90. The Balaban J connectivity index is 0.00000220. The summed E-state index contributed by atoms with van der Waals surface area (Å²) < 4.78 is 0. The van der Waals surface area contributed by atoms with Crippen LogP contribution in [0.15, 0.2) is 65.7 Å². The molecule has 0 aliphatic heterocycles. The van der Waals surface area contributed by atoms with Gasteiger partial charge in [0.25, 0.3) is 0 Å². The first-order valence-electron chi connectivity index (χ1n) is 6.85. The highest BCUT2D eigenvalue weighted by Crippen LogP contribution is 2.10. The quantitative estimate of drug-likeness (QED) is 0.470. The molecule has 0 aromatic heterocycles. The Hall–Kier alpha value is -1.56. The highest BCUT2D eigenvalue weighted by Gasteiger charge is 2.06. The second-order valence-corrected chi connectivity index (χ2v) is 4.69. The van der Waals surface area contributed by atoms with Gasteiger partial charge in [-0.1, -0.05) is 60.7 Å². The topological polar surface area (TPSA) is 36.4 Å². The zero-order chi connectivity index (χ0) is 14.2. The van der Waals surface area contributed by atoms with E-state index >= 15 is 0 Å². The van der Waals surface area contributed by atoms with Crippen molar-refractivity contribution >= 4 is 29.9 Å². The Labute approximate surface area is 143 Å². The molecule has 0 spiro atoms. The Morgan fingerprint density at radius 3 is 2.14 bits per heavy atom. The van der Waals surface area contributed by atoms with E-state index in [1.165, 1.54) is 11.1 Å². The van der Waals surface area contributed by atoms with Crippen molar-refractivity contribution in [1.29, 1.82) is 0 Å². The third kappa shape index (κ3) is 5.75. The van der Waals surface area contributed by atoms with Crippen LogP contribution in [-0.4, -0.2) is 13.0 Å². The van der Waals surface area contributed by atoms with Gasteiger partial charge in [-0.15, -0.1) is 24.0 Å². The minimum Gasteiger partial charge on any atom is -0.352 e. The smallest absolute Gasteiger partial charge is 0.191 e. The molecule has 2 rings (SSSR count). The van der Waals surface area contributed by atoms with Crippen LogP contribution in [0.25, 0.3) is 0 Å². The molecule has 2 N–H and O–H groups in total. The van der Waals surface area contributed by atoms with Crippen LogP contribution >= 0.6 is 24.0 Å². The van der Waals surface area contributed by atoms with Crippen LogP contribution in [-0.2, 0) is 6.54 Å². The van der Waals surface area contributed by atoms with Gasteiger partial charge in [0.1, 0.15) is 0 Å². The van der Waals surface area contributed by atoms with Gasteiger partial charge in [0.2, 0.25) is 0 Å². The van der Waals surface area contributed by atoms with E-state index in [-0.39, 0.29) is 30.0 Å². The number of hydrogen-bond acceptors (Lipinski definition) is 1. The average Bonchev–Trinajstić information content (AvgIpc) is 2.53. The number of halogens is 1. The van der Waals surface area contributed by atoms with Gasteiger partial charge in [-0.25, -0.2) is 0 Å². The molecule has 0 aliphatic carbocycles. The van der Waals surface area contributed by atoms with Crippen molar-refractivity contribution in [3.63, 3.8) is 0 Å². The summed E-state index contributed by atoms with van der Waals surface area (Å²) in [5.74, 6) is 0.810. The second kappa shape index (κ2) is 9.39. The van der Waals surface area contributed by atoms with Crippen LogP contribution in [0, 0.1) is 0 Å². The summed E-state index contributed by atoms with van der Waals surface area (Å²) in [5.41, 5.74) is 2.48. The summed E-state index contributed by atoms with van der Waals surface area (Å²) in [6, 6.07) is 20.9. The van der Waals surface area contributed by atoms with Gasteiger partial charge in [0, 0.05) is 13.6 Å². The van der Waals surface area contributed by atoms with E-state index in [2.05, 4.69) is 46.8 Å². The monoisotopic (exact) mass is 395 g/mol. The molecule has 0 amide bonds. The molecule has 0 heterocycles. The summed E-state index contributed by atoms with van der Waals surface area (Å²) in [4.78, 5) is 4.26. The molecule has 112 valence electrons. The number of benzene rings is 2. The lowest BCUT2D eigenvalue weighted by Crippen LogP contribution is -2.38. The van der Waals surface area contributed by atoms with E-state index in [1.54, 1.807) is 7.05 Å². The molecule has 1 unspecified atom stereocenters. The van der Waals surface area contributed by atoms with E-state index in [0.717, 1.165) is 12.5 Å². The summed E-state index contributed by atoms with van der Waals surface area (Å²) >= 11 is 0. The van der Waals surface area contributed by atoms with E-state index in [4.69, 9.17) is 0 Å². The van der Waals surface area contributed by atoms with Crippen molar-refractivity contribution in [2.45, 2.75) is 19.5 Å². The van der Waals surface area contributed by atoms with E-state index in [9.17, 15) is 0 Å². The molecule has 0 radical (unpaired) electrons. The Bertz CT molecular complexity index is 540. The fourth-order valence-electron chi connectivity index (χ4n) is 2.01. The molecule has 21 heavy (non-hydrogen) atoms. The SMILES string of the molecule is CN=C(NCc1ccccc1)NC(C)c1ccccc1.I. The molecule has 2 aromatic carbocycles. The fraction of sp³-hybridized carbons (Fsp3) is 0.235. The maximum Gasteiger partial charge on any atom is 0.191 e. The van der Waals surface area contributed by atoms with Crippen LogP contribution in [0.1, 0.15) is 24.1 Å². The number of hydrogen-bond donors (Lipinski definition) is 2. The van der Waals surface area contributed by atoms with Crippen molar-refractivity contribution < 1.29 is 0 Å². The van der Waals surface area contributed by atoms with Crippen molar-refractivity contribution in [2.75, 3.05) is 7.05 Å². The fourth-order valence-corrected chi connectivity index (χ4v) is 2.01. The largest absolute Gasteiger partial charge is 0.352 e. The predicted octanol–water partition coefficient (Wildman–Crippen LogP) is 3.73. The van der Waals surface area contributed by atoms with Crippen LogP contribution in [0.2, 0.25) is 0 Å². The van der Waals surface area contributed by atoms with Crippen LogP contribution in [0.5, 0.6) is 0 Å². The highest BCUT2D eigenvalue weighted by atomic mass is 127. The first-order chi connectivity index (χ1) is 9.79. The van der Waals surface area contributed by atoms with Gasteiger partial charge in [0.15, 0.2) is 5.96 Å². The molecule has 0 aliphatic rings. The summed E-state index contributed by atoms with van der Waals surface area (Å²) in [5, 5.41) is 6.72. The number of aliphatic imine (C=N–C) groups is 1. The van der Waals surface area contributed by atoms with Crippen molar-refractivity contribution in [3.8, 4) is 0 Å². The third-order valence-electron chi connectivity index (χ3n) is 3.18. The summed E-state index contributed by atoms with van der Waals surface area (Å²) in [7, 11) is 1.79. The lowest BCUT2D eigenvalue weighted by Gasteiger charge is -2.18. The van der Waals surface area contributed by atoms with Gasteiger partial charge < -0.3 is 10.6 Å². The van der Waals surface area contributed by atoms with Crippen LogP contribution in [0.4, 0.5) is 0 Å². The number of nitrogens with one attached hydrogen (secondary N) is 2. The highest BCUT2D eigenvalue weighted by molar-refractivity contribution is 14.0. The van der Waals surface area contributed by atoms with Gasteiger partial charge in [0.05, 0.1) is 6.04 Å². The Kier molecular flexibility index (Phi) is 7.82. The predicted molar refractivity (Wildman–Crippen MR) is 100 cm³/mol. The second-order valence-electron chi connectivity index (χ2n) is 4.69. The molecule has 0 bridgehead atoms. The molecule has 2 aromatic rings. The molecule has 0 saturated carbocycles. The first-order valence-corrected chi connectivity index (χ1v) is 6.85. The minimum absolute atomic E-state index is 0. The molecular weight excluding hydrogens is 373 g/mol. The lowest BCUT2D eigenvalue weighted by atomic mass is 10.1. The first kappa shape index (κ1) is 17.5. The van der Waals surface area contributed by atoms with Crippen molar-refractivity contribution in [1.82, 2.24) is 10.6 Å². The number of nitrogens with zero attached hydrogens (tertiary/aromatic N) is 1. The molecule has 0 fully saturated rings. The normalized spacial score (nSPS) is 12.2. The van der Waals surface area contributed by atoms with Crippen molar-refractivity contribution in [2.24, 2.45) is 4.99 Å². The Morgan fingerprint density at radius 1 is 1.00 bits per heavy atom. The van der Waals surface area contributed by atoms with Gasteiger partial charge >= 0.3 is 0 Å². The third-order valence-corrected chi connectivity index (χ3v) is 3.18. The van der Waals surface area contributed by atoms with Gasteiger partial charge in [-0.3, -0.25) is 4.99 Å². The maximum absolute atomic E-state index is 4.26. The van der Waals surface area contributed by atoms with E-state index in [1.807, 2.05) is 36.4 Å². The standard InChI is InChI=1S/C17H21N3.HI/c1-14(16-11-7-4-8-12-16)20-17(18-2)19-13-15-9-5-3-6-10-15;/h3-12,14H,13H2,1-2H3,(H2,18,19,20);1H. The van der Waals surface area contributed by atoms with Crippen LogP contribution in [0.3, 0.4) is 0 Å². The Morgan fingerprint density at radius 2 is 1.57 bits per heavy atom. The molecule has 1 atom stereocenters. The van der Waals surface area contributed by atoms with Gasteiger partial charge in [-0.2, -0.15) is 0 Å². The van der Waals surface area contributed by atoms with Crippen LogP contribution < -0.4 is 10.6 Å².